The lowest BCUT2D eigenvalue weighted by Gasteiger charge is -2.05. The second kappa shape index (κ2) is 7.83. The molecule has 0 saturated carbocycles. The summed E-state index contributed by atoms with van der Waals surface area (Å²) in [6.07, 6.45) is 0.690. The molecular weight excluding hydrogens is 337 g/mol. The molecule has 0 fully saturated rings. The Balaban J connectivity index is 1.71. The molecule has 0 radical (unpaired) electrons. The van der Waals surface area contributed by atoms with Crippen LogP contribution in [0, 0.1) is 0 Å². The van der Waals surface area contributed by atoms with Crippen LogP contribution in [-0.2, 0) is 11.2 Å². The van der Waals surface area contributed by atoms with Gasteiger partial charge in [0.2, 0.25) is 5.91 Å². The fourth-order valence-corrected chi connectivity index (χ4v) is 3.40. The highest BCUT2D eigenvalue weighted by atomic mass is 35.5. The molecule has 1 heterocycles. The summed E-state index contributed by atoms with van der Waals surface area (Å²) in [5.74, 6) is 0.309. The van der Waals surface area contributed by atoms with Crippen molar-refractivity contribution in [2.45, 2.75) is 10.8 Å². The SMILES string of the molecule is O=C(CSc1nncs1)NCCc1cc(Cl)cc(Cl)c1. The smallest absolute Gasteiger partial charge is 0.230 e. The summed E-state index contributed by atoms with van der Waals surface area (Å²) >= 11 is 14.6. The van der Waals surface area contributed by atoms with Gasteiger partial charge < -0.3 is 5.32 Å². The molecule has 1 aromatic heterocycles. The van der Waals surface area contributed by atoms with Crippen molar-refractivity contribution in [3.05, 3.63) is 39.3 Å². The number of nitrogens with one attached hydrogen (secondary N) is 1. The van der Waals surface area contributed by atoms with E-state index in [4.69, 9.17) is 23.2 Å². The second-order valence-corrected chi connectivity index (χ2v) is 6.80. The van der Waals surface area contributed by atoms with E-state index in [1.165, 1.54) is 23.1 Å². The summed E-state index contributed by atoms with van der Waals surface area (Å²) in [7, 11) is 0. The Morgan fingerprint density at radius 2 is 2.05 bits per heavy atom. The number of aromatic nitrogens is 2. The Bertz CT molecular complexity index is 558. The first-order valence-corrected chi connectivity index (χ1v) is 8.36. The third-order valence-corrected chi connectivity index (χ3v) is 4.62. The highest BCUT2D eigenvalue weighted by Crippen LogP contribution is 2.19. The Hall–Kier alpha value is -0.820. The van der Waals surface area contributed by atoms with Gasteiger partial charge in [-0.05, 0) is 30.2 Å². The molecule has 0 aliphatic rings. The number of thioether (sulfide) groups is 1. The average Bonchev–Trinajstić information content (AvgIpc) is 2.88. The molecule has 0 spiro atoms. The largest absolute Gasteiger partial charge is 0.355 e. The van der Waals surface area contributed by atoms with Crippen LogP contribution in [-0.4, -0.2) is 28.4 Å². The van der Waals surface area contributed by atoms with Gasteiger partial charge in [-0.3, -0.25) is 4.79 Å². The van der Waals surface area contributed by atoms with Crippen molar-refractivity contribution in [3.8, 4) is 0 Å². The fraction of sp³-hybridized carbons (Fsp3) is 0.250. The quantitative estimate of drug-likeness (QED) is 0.814. The normalized spacial score (nSPS) is 10.5. The number of carbonyl (C=O) groups is 1. The van der Waals surface area contributed by atoms with Crippen molar-refractivity contribution in [3.63, 3.8) is 0 Å². The van der Waals surface area contributed by atoms with Gasteiger partial charge in [-0.2, -0.15) is 0 Å². The summed E-state index contributed by atoms with van der Waals surface area (Å²) in [5, 5.41) is 11.6. The van der Waals surface area contributed by atoms with Crippen LogP contribution >= 0.6 is 46.3 Å². The molecular formula is C12H11Cl2N3OS2. The summed E-state index contributed by atoms with van der Waals surface area (Å²) in [6, 6.07) is 5.37. The third kappa shape index (κ3) is 5.28. The zero-order valence-electron chi connectivity index (χ0n) is 10.3. The van der Waals surface area contributed by atoms with E-state index in [9.17, 15) is 4.79 Å². The number of carbonyl (C=O) groups excluding carboxylic acids is 1. The molecule has 8 heteroatoms. The van der Waals surface area contributed by atoms with E-state index in [1.807, 2.05) is 12.1 Å². The zero-order chi connectivity index (χ0) is 14.4. The van der Waals surface area contributed by atoms with Crippen molar-refractivity contribution in [1.29, 1.82) is 0 Å². The van der Waals surface area contributed by atoms with Crippen LogP contribution in [0.3, 0.4) is 0 Å². The Morgan fingerprint density at radius 3 is 2.70 bits per heavy atom. The highest BCUT2D eigenvalue weighted by Gasteiger charge is 2.05. The van der Waals surface area contributed by atoms with Crippen molar-refractivity contribution in [2.75, 3.05) is 12.3 Å². The van der Waals surface area contributed by atoms with E-state index in [1.54, 1.807) is 11.6 Å². The van der Waals surface area contributed by atoms with Crippen molar-refractivity contribution < 1.29 is 4.79 Å². The summed E-state index contributed by atoms with van der Waals surface area (Å²) in [6.45, 7) is 0.548. The maximum Gasteiger partial charge on any atom is 0.230 e. The van der Waals surface area contributed by atoms with Crippen LogP contribution in [0.2, 0.25) is 10.0 Å². The Labute approximate surface area is 134 Å². The van der Waals surface area contributed by atoms with Crippen LogP contribution in [0.25, 0.3) is 0 Å². The summed E-state index contributed by atoms with van der Waals surface area (Å²) in [4.78, 5) is 11.6. The van der Waals surface area contributed by atoms with Crippen LogP contribution in [0.5, 0.6) is 0 Å². The van der Waals surface area contributed by atoms with Gasteiger partial charge in [-0.25, -0.2) is 0 Å². The zero-order valence-corrected chi connectivity index (χ0v) is 13.5. The number of amides is 1. The van der Waals surface area contributed by atoms with Crippen LogP contribution < -0.4 is 5.32 Å². The molecule has 2 rings (SSSR count). The number of hydrogen-bond donors (Lipinski definition) is 1. The molecule has 0 atom stereocenters. The minimum absolute atomic E-state index is 0.0293. The highest BCUT2D eigenvalue weighted by molar-refractivity contribution is 8.01. The van der Waals surface area contributed by atoms with E-state index >= 15 is 0 Å². The molecule has 4 nitrogen and oxygen atoms in total. The van der Waals surface area contributed by atoms with E-state index in [0.717, 1.165) is 9.90 Å². The number of hydrogen-bond acceptors (Lipinski definition) is 5. The van der Waals surface area contributed by atoms with Gasteiger partial charge in [0, 0.05) is 16.6 Å². The maximum atomic E-state index is 11.6. The first-order valence-electron chi connectivity index (χ1n) is 5.74. The van der Waals surface area contributed by atoms with Crippen LogP contribution in [0.4, 0.5) is 0 Å². The van der Waals surface area contributed by atoms with E-state index < -0.39 is 0 Å². The van der Waals surface area contributed by atoms with Gasteiger partial charge in [-0.1, -0.05) is 46.3 Å². The van der Waals surface area contributed by atoms with Crippen LogP contribution in [0.15, 0.2) is 28.0 Å². The first-order chi connectivity index (χ1) is 9.63. The van der Waals surface area contributed by atoms with E-state index in [-0.39, 0.29) is 5.91 Å². The molecule has 20 heavy (non-hydrogen) atoms. The predicted molar refractivity (Wildman–Crippen MR) is 83.8 cm³/mol. The lowest BCUT2D eigenvalue weighted by molar-refractivity contribution is -0.118. The summed E-state index contributed by atoms with van der Waals surface area (Å²) in [5.41, 5.74) is 2.64. The summed E-state index contributed by atoms with van der Waals surface area (Å²) < 4.78 is 0.793. The molecule has 2 aromatic rings. The van der Waals surface area contributed by atoms with Crippen molar-refractivity contribution in [1.82, 2.24) is 15.5 Å². The average molecular weight is 348 g/mol. The molecule has 0 unspecified atom stereocenters. The molecule has 106 valence electrons. The lowest BCUT2D eigenvalue weighted by atomic mass is 10.1. The molecule has 0 bridgehead atoms. The van der Waals surface area contributed by atoms with Gasteiger partial charge in [0.25, 0.3) is 0 Å². The molecule has 1 N–H and O–H groups in total. The molecule has 0 aliphatic heterocycles. The standard InChI is InChI=1S/C12H11Cl2N3OS2/c13-9-3-8(4-10(14)5-9)1-2-15-11(18)6-19-12-17-16-7-20-12/h3-5,7H,1-2,6H2,(H,15,18). The number of rotatable bonds is 6. The maximum absolute atomic E-state index is 11.6. The number of benzene rings is 1. The third-order valence-electron chi connectivity index (χ3n) is 2.32. The number of nitrogens with zero attached hydrogens (tertiary/aromatic N) is 2. The minimum atomic E-state index is -0.0293. The minimum Gasteiger partial charge on any atom is -0.355 e. The molecule has 0 saturated heterocycles. The monoisotopic (exact) mass is 347 g/mol. The molecule has 1 aromatic carbocycles. The molecule has 1 amide bonds. The van der Waals surface area contributed by atoms with Gasteiger partial charge in [-0.15, -0.1) is 10.2 Å². The van der Waals surface area contributed by atoms with Crippen molar-refractivity contribution in [2.24, 2.45) is 0 Å². The van der Waals surface area contributed by atoms with Gasteiger partial charge >= 0.3 is 0 Å². The van der Waals surface area contributed by atoms with E-state index in [0.29, 0.717) is 28.8 Å². The molecule has 0 aliphatic carbocycles. The Kier molecular flexibility index (Phi) is 6.09. The van der Waals surface area contributed by atoms with Crippen LogP contribution in [0.1, 0.15) is 5.56 Å². The van der Waals surface area contributed by atoms with Gasteiger partial charge in [0.15, 0.2) is 4.34 Å². The van der Waals surface area contributed by atoms with Gasteiger partial charge in [0.05, 0.1) is 5.75 Å². The first kappa shape index (κ1) is 15.6. The second-order valence-electron chi connectivity index (χ2n) is 3.87. The number of halogens is 2. The van der Waals surface area contributed by atoms with E-state index in [2.05, 4.69) is 15.5 Å². The van der Waals surface area contributed by atoms with Crippen molar-refractivity contribution >= 4 is 52.2 Å². The van der Waals surface area contributed by atoms with Gasteiger partial charge in [0.1, 0.15) is 5.51 Å². The lowest BCUT2D eigenvalue weighted by Crippen LogP contribution is -2.27. The topological polar surface area (TPSA) is 54.9 Å². The predicted octanol–water partition coefficient (Wildman–Crippen LogP) is 3.30. The fourth-order valence-electron chi connectivity index (χ4n) is 1.51. The Morgan fingerprint density at radius 1 is 1.30 bits per heavy atom.